The van der Waals surface area contributed by atoms with Gasteiger partial charge in [-0.2, -0.15) is 0 Å². The Morgan fingerprint density at radius 2 is 1.58 bits per heavy atom. The lowest BCUT2D eigenvalue weighted by atomic mass is 9.99. The average Bonchev–Trinajstić information content (AvgIpc) is 2.71. The van der Waals surface area contributed by atoms with E-state index in [4.69, 9.17) is 4.74 Å². The van der Waals surface area contributed by atoms with Crippen molar-refractivity contribution < 1.29 is 9.84 Å². The first-order valence-corrected chi connectivity index (χ1v) is 9.12. The first-order valence-electron chi connectivity index (χ1n) is 9.12. The average molecular weight is 345 g/mol. The van der Waals surface area contributed by atoms with E-state index in [1.54, 1.807) is 0 Å². The Morgan fingerprint density at radius 1 is 0.885 bits per heavy atom. The normalized spacial score (nSPS) is 14.8. The van der Waals surface area contributed by atoms with Crippen molar-refractivity contribution in [3.05, 3.63) is 83.9 Å². The van der Waals surface area contributed by atoms with Gasteiger partial charge in [-0.3, -0.25) is 0 Å². The Kier molecular flexibility index (Phi) is 4.39. The Morgan fingerprint density at radius 3 is 2.35 bits per heavy atom. The number of benzene rings is 3. The number of hydrogen-bond donors (Lipinski definition) is 1. The molecule has 1 aliphatic heterocycles. The highest BCUT2D eigenvalue weighted by molar-refractivity contribution is 5.80. The Labute approximate surface area is 154 Å². The summed E-state index contributed by atoms with van der Waals surface area (Å²) in [5.41, 5.74) is 4.10. The molecule has 132 valence electrons. The van der Waals surface area contributed by atoms with E-state index < -0.39 is 6.10 Å². The maximum absolute atomic E-state index is 10.5. The third-order valence-electron chi connectivity index (χ3n) is 5.04. The molecule has 0 aromatic heterocycles. The molecule has 0 saturated heterocycles. The van der Waals surface area contributed by atoms with E-state index in [-0.39, 0.29) is 6.04 Å². The maximum atomic E-state index is 10.5. The van der Waals surface area contributed by atoms with Crippen LogP contribution in [0, 0.1) is 0 Å². The molecule has 2 unspecified atom stereocenters. The molecule has 1 aliphatic rings. The zero-order chi connectivity index (χ0) is 18.1. The maximum Gasteiger partial charge on any atom is 0.156 e. The number of hydrogen-bond acceptors (Lipinski definition) is 3. The molecule has 0 saturated carbocycles. The van der Waals surface area contributed by atoms with E-state index >= 15 is 0 Å². The molecule has 4 rings (SSSR count). The number of fused-ring (bicyclic) bond motifs is 2. The lowest BCUT2D eigenvalue weighted by Crippen LogP contribution is -2.25. The number of rotatable bonds is 4. The van der Waals surface area contributed by atoms with Gasteiger partial charge in [-0.25, -0.2) is 0 Å². The second-order valence-electron chi connectivity index (χ2n) is 6.65. The highest BCUT2D eigenvalue weighted by atomic mass is 16.5. The molecule has 0 radical (unpaired) electrons. The molecule has 0 bridgehead atoms. The molecule has 0 fully saturated rings. The van der Waals surface area contributed by atoms with Crippen LogP contribution in [0.15, 0.2) is 72.8 Å². The number of ether oxygens (including phenoxy) is 1. The van der Waals surface area contributed by atoms with E-state index in [1.807, 2.05) is 43.3 Å². The standard InChI is InChI=1S/C23H23NO2/c1-3-21(25)18-12-9-14-20-23(18)26-22-15-8-7-13-19(22)24(20)16(2)17-10-5-4-6-11-17/h4-16,21,25H,3H2,1-2H3. The molecule has 3 aromatic carbocycles. The molecule has 3 nitrogen and oxygen atoms in total. The summed E-state index contributed by atoms with van der Waals surface area (Å²) in [6, 6.07) is 24.7. The van der Waals surface area contributed by atoms with Gasteiger partial charge >= 0.3 is 0 Å². The lowest BCUT2D eigenvalue weighted by Gasteiger charge is -2.38. The predicted molar refractivity (Wildman–Crippen MR) is 105 cm³/mol. The molecule has 1 N–H and O–H groups in total. The first kappa shape index (κ1) is 16.7. The van der Waals surface area contributed by atoms with Gasteiger partial charge in [0.25, 0.3) is 0 Å². The summed E-state index contributed by atoms with van der Waals surface area (Å²) >= 11 is 0. The quantitative estimate of drug-likeness (QED) is 0.617. The monoisotopic (exact) mass is 345 g/mol. The van der Waals surface area contributed by atoms with Crippen molar-refractivity contribution in [1.82, 2.24) is 0 Å². The van der Waals surface area contributed by atoms with Gasteiger partial charge in [0, 0.05) is 5.56 Å². The number of nitrogens with zero attached hydrogens (tertiary/aromatic N) is 1. The van der Waals surface area contributed by atoms with Crippen molar-refractivity contribution in [2.45, 2.75) is 32.4 Å². The summed E-state index contributed by atoms with van der Waals surface area (Å²) in [5, 5.41) is 10.5. The van der Waals surface area contributed by atoms with Crippen LogP contribution in [0.4, 0.5) is 11.4 Å². The molecule has 1 heterocycles. The van der Waals surface area contributed by atoms with Gasteiger partial charge in [0.05, 0.1) is 23.5 Å². The SMILES string of the molecule is CCC(O)c1cccc2c1Oc1ccccc1N2C(C)c1ccccc1. The summed E-state index contributed by atoms with van der Waals surface area (Å²) in [7, 11) is 0. The third kappa shape index (κ3) is 2.74. The minimum atomic E-state index is -0.538. The molecule has 3 aromatic rings. The van der Waals surface area contributed by atoms with Gasteiger partial charge < -0.3 is 14.7 Å². The third-order valence-corrected chi connectivity index (χ3v) is 5.04. The largest absolute Gasteiger partial charge is 0.453 e. The fourth-order valence-electron chi connectivity index (χ4n) is 3.61. The Balaban J connectivity index is 1.89. The smallest absolute Gasteiger partial charge is 0.156 e. The van der Waals surface area contributed by atoms with E-state index in [0.717, 1.165) is 28.4 Å². The van der Waals surface area contributed by atoms with Crippen LogP contribution >= 0.6 is 0 Å². The van der Waals surface area contributed by atoms with Gasteiger partial charge in [-0.05, 0) is 37.1 Å². The summed E-state index contributed by atoms with van der Waals surface area (Å²) in [5.74, 6) is 1.57. The van der Waals surface area contributed by atoms with Gasteiger partial charge in [-0.15, -0.1) is 0 Å². The fourth-order valence-corrected chi connectivity index (χ4v) is 3.61. The molecular weight excluding hydrogens is 322 g/mol. The van der Waals surface area contributed by atoms with Crippen molar-refractivity contribution in [3.8, 4) is 11.5 Å². The fraction of sp³-hybridized carbons (Fsp3) is 0.217. The molecule has 0 spiro atoms. The van der Waals surface area contributed by atoms with Crippen LogP contribution in [0.1, 0.15) is 43.5 Å². The van der Waals surface area contributed by atoms with E-state index in [2.05, 4.69) is 48.2 Å². The van der Waals surface area contributed by atoms with Crippen LogP contribution < -0.4 is 9.64 Å². The number of anilines is 2. The molecule has 26 heavy (non-hydrogen) atoms. The van der Waals surface area contributed by atoms with Crippen LogP contribution in [0.3, 0.4) is 0 Å². The summed E-state index contributed by atoms with van der Waals surface area (Å²) in [6.45, 7) is 4.18. The van der Waals surface area contributed by atoms with Crippen LogP contribution in [0.2, 0.25) is 0 Å². The molecule has 3 heteroatoms. The van der Waals surface area contributed by atoms with Crippen molar-refractivity contribution in [2.75, 3.05) is 4.90 Å². The predicted octanol–water partition coefficient (Wildman–Crippen LogP) is 6.14. The second-order valence-corrected chi connectivity index (χ2v) is 6.65. The van der Waals surface area contributed by atoms with Crippen molar-refractivity contribution in [3.63, 3.8) is 0 Å². The number of aliphatic hydroxyl groups excluding tert-OH is 1. The van der Waals surface area contributed by atoms with Crippen LogP contribution in [0.5, 0.6) is 11.5 Å². The first-order chi connectivity index (χ1) is 12.7. The van der Waals surface area contributed by atoms with Gasteiger partial charge in [0.15, 0.2) is 11.5 Å². The van der Waals surface area contributed by atoms with Crippen LogP contribution in [-0.2, 0) is 0 Å². The van der Waals surface area contributed by atoms with Crippen molar-refractivity contribution in [1.29, 1.82) is 0 Å². The summed E-state index contributed by atoms with van der Waals surface area (Å²) in [6.07, 6.45) is 0.111. The lowest BCUT2D eigenvalue weighted by molar-refractivity contribution is 0.170. The second kappa shape index (κ2) is 6.85. The molecular formula is C23H23NO2. The van der Waals surface area contributed by atoms with E-state index in [1.165, 1.54) is 5.56 Å². The van der Waals surface area contributed by atoms with Gasteiger partial charge in [0.2, 0.25) is 0 Å². The highest BCUT2D eigenvalue weighted by Gasteiger charge is 2.31. The van der Waals surface area contributed by atoms with Gasteiger partial charge in [0.1, 0.15) is 0 Å². The van der Waals surface area contributed by atoms with Crippen molar-refractivity contribution >= 4 is 11.4 Å². The van der Waals surface area contributed by atoms with Crippen molar-refractivity contribution in [2.24, 2.45) is 0 Å². The van der Waals surface area contributed by atoms with Gasteiger partial charge in [-0.1, -0.05) is 61.5 Å². The van der Waals surface area contributed by atoms with E-state index in [9.17, 15) is 5.11 Å². The summed E-state index contributed by atoms with van der Waals surface area (Å²) in [4.78, 5) is 2.30. The zero-order valence-electron chi connectivity index (χ0n) is 15.1. The molecule has 0 aliphatic carbocycles. The number of para-hydroxylation sites is 3. The van der Waals surface area contributed by atoms with Crippen LogP contribution in [-0.4, -0.2) is 5.11 Å². The number of aliphatic hydroxyl groups is 1. The Bertz CT molecular complexity index is 907. The molecule has 2 atom stereocenters. The Hall–Kier alpha value is -2.78. The van der Waals surface area contributed by atoms with Crippen LogP contribution in [0.25, 0.3) is 0 Å². The topological polar surface area (TPSA) is 32.7 Å². The molecule has 0 amide bonds. The summed E-state index contributed by atoms with van der Waals surface area (Å²) < 4.78 is 6.25. The van der Waals surface area contributed by atoms with E-state index in [0.29, 0.717) is 6.42 Å². The minimum Gasteiger partial charge on any atom is -0.453 e. The zero-order valence-corrected chi connectivity index (χ0v) is 15.1. The highest BCUT2D eigenvalue weighted by Crippen LogP contribution is 2.52. The minimum absolute atomic E-state index is 0.133.